The van der Waals surface area contributed by atoms with E-state index in [0.29, 0.717) is 5.69 Å². The van der Waals surface area contributed by atoms with Crippen LogP contribution in [0.4, 0.5) is 0 Å². The number of sulfone groups is 1. The summed E-state index contributed by atoms with van der Waals surface area (Å²) in [6, 6.07) is 4.46. The maximum atomic E-state index is 11.7. The Bertz CT molecular complexity index is 592. The molecule has 0 spiro atoms. The maximum Gasteiger partial charge on any atom is 0.397 e. The predicted octanol–water partition coefficient (Wildman–Crippen LogP) is -0.0169. The lowest BCUT2D eigenvalue weighted by atomic mass is 10.4. The molecule has 1 aromatic rings. The predicted molar refractivity (Wildman–Crippen MR) is 58.5 cm³/mol. The molecule has 0 radical (unpaired) electrons. The lowest BCUT2D eigenvalue weighted by molar-refractivity contribution is 0.284. The highest BCUT2D eigenvalue weighted by Gasteiger charge is 2.17. The molecule has 0 aliphatic carbocycles. The van der Waals surface area contributed by atoms with Crippen molar-refractivity contribution in [3.63, 3.8) is 0 Å². The minimum absolute atomic E-state index is 0.156. The van der Waals surface area contributed by atoms with Gasteiger partial charge in [0, 0.05) is 5.69 Å². The van der Waals surface area contributed by atoms with Gasteiger partial charge in [0.15, 0.2) is 14.9 Å². The first kappa shape index (κ1) is 14.0. The van der Waals surface area contributed by atoms with E-state index in [1.807, 2.05) is 0 Å². The largest absolute Gasteiger partial charge is 0.397 e. The fourth-order valence-corrected chi connectivity index (χ4v) is 2.53. The molecule has 1 heterocycles. The van der Waals surface area contributed by atoms with Gasteiger partial charge in [-0.1, -0.05) is 6.07 Å². The van der Waals surface area contributed by atoms with Crippen LogP contribution in [-0.4, -0.2) is 38.7 Å². The van der Waals surface area contributed by atoms with Crippen LogP contribution in [0.1, 0.15) is 5.69 Å². The number of nitrogens with zero attached hydrogens (tertiary/aromatic N) is 1. The Morgan fingerprint density at radius 1 is 1.29 bits per heavy atom. The highest BCUT2D eigenvalue weighted by atomic mass is 32.3. The molecule has 0 saturated carbocycles. The van der Waals surface area contributed by atoms with E-state index < -0.39 is 32.6 Å². The summed E-state index contributed by atoms with van der Waals surface area (Å²) in [5.41, 5.74) is 0.529. The Hall–Kier alpha value is -1.03. The van der Waals surface area contributed by atoms with Gasteiger partial charge in [0.1, 0.15) is 0 Å². The molecule has 17 heavy (non-hydrogen) atoms. The lowest BCUT2D eigenvalue weighted by Crippen LogP contribution is -2.16. The van der Waals surface area contributed by atoms with Gasteiger partial charge < -0.3 is 0 Å². The number of hydrogen-bond acceptors (Lipinski definition) is 6. The Kier molecular flexibility index (Phi) is 4.20. The van der Waals surface area contributed by atoms with E-state index in [2.05, 4.69) is 9.17 Å². The second-order valence-corrected chi connectivity index (χ2v) is 6.33. The fourth-order valence-electron chi connectivity index (χ4n) is 1.04. The summed E-state index contributed by atoms with van der Waals surface area (Å²) < 4.78 is 56.0. The molecule has 1 rings (SSSR count). The van der Waals surface area contributed by atoms with Gasteiger partial charge in [-0.05, 0) is 19.1 Å². The topological polar surface area (TPSA) is 111 Å². The first-order valence-electron chi connectivity index (χ1n) is 4.49. The van der Waals surface area contributed by atoms with Crippen molar-refractivity contribution in [3.8, 4) is 0 Å². The van der Waals surface area contributed by atoms with E-state index in [0.717, 1.165) is 0 Å². The molecular formula is C8H11NO6S2. The first-order valence-corrected chi connectivity index (χ1v) is 7.51. The molecule has 0 fully saturated rings. The van der Waals surface area contributed by atoms with Crippen LogP contribution >= 0.6 is 0 Å². The zero-order valence-corrected chi connectivity index (χ0v) is 10.5. The third-order valence-electron chi connectivity index (χ3n) is 1.77. The molecular weight excluding hydrogens is 270 g/mol. The van der Waals surface area contributed by atoms with Gasteiger partial charge in [0.25, 0.3) is 0 Å². The van der Waals surface area contributed by atoms with Crippen LogP contribution in [0.25, 0.3) is 0 Å². The smallest absolute Gasteiger partial charge is 0.264 e. The van der Waals surface area contributed by atoms with E-state index >= 15 is 0 Å². The van der Waals surface area contributed by atoms with E-state index in [4.69, 9.17) is 4.55 Å². The van der Waals surface area contributed by atoms with Crippen molar-refractivity contribution >= 4 is 20.2 Å². The molecule has 0 aromatic carbocycles. The van der Waals surface area contributed by atoms with Gasteiger partial charge >= 0.3 is 10.4 Å². The molecule has 1 aromatic heterocycles. The van der Waals surface area contributed by atoms with Crippen LogP contribution in [-0.2, 0) is 24.4 Å². The standard InChI is InChI=1S/C8H11NO6S2/c1-7-3-2-4-8(9-7)16(10,11)6-5-15-17(12,13)14/h2-4H,5-6H2,1H3,(H,12,13,14). The Morgan fingerprint density at radius 3 is 2.47 bits per heavy atom. The summed E-state index contributed by atoms with van der Waals surface area (Å²) in [6.45, 7) is 0.977. The zero-order chi connectivity index (χ0) is 13.1. The summed E-state index contributed by atoms with van der Waals surface area (Å²) in [5, 5.41) is -0.156. The number of hydrogen-bond donors (Lipinski definition) is 1. The molecule has 9 heteroatoms. The molecule has 0 bridgehead atoms. The van der Waals surface area contributed by atoms with Crippen LogP contribution in [0.5, 0.6) is 0 Å². The summed E-state index contributed by atoms with van der Waals surface area (Å²) in [6.07, 6.45) is 0. The average Bonchev–Trinajstić information content (AvgIpc) is 2.15. The third kappa shape index (κ3) is 4.77. The molecule has 0 aliphatic heterocycles. The Labute approximate surface area is 99.3 Å². The minimum Gasteiger partial charge on any atom is -0.264 e. The first-order chi connectivity index (χ1) is 7.71. The van der Waals surface area contributed by atoms with Crippen molar-refractivity contribution in [3.05, 3.63) is 23.9 Å². The van der Waals surface area contributed by atoms with Gasteiger partial charge in [0.05, 0.1) is 12.4 Å². The van der Waals surface area contributed by atoms with Crippen LogP contribution in [0.15, 0.2) is 23.2 Å². The monoisotopic (exact) mass is 281 g/mol. The maximum absolute atomic E-state index is 11.7. The molecule has 0 amide bonds. The van der Waals surface area contributed by atoms with Gasteiger partial charge in [-0.2, -0.15) is 8.42 Å². The number of pyridine rings is 1. The van der Waals surface area contributed by atoms with Crippen molar-refractivity contribution in [2.45, 2.75) is 11.9 Å². The SMILES string of the molecule is Cc1cccc(S(=O)(=O)CCOS(=O)(=O)O)n1. The van der Waals surface area contributed by atoms with Crippen molar-refractivity contribution in [1.29, 1.82) is 0 Å². The lowest BCUT2D eigenvalue weighted by Gasteiger charge is -2.03. The third-order valence-corrected chi connectivity index (χ3v) is 3.80. The molecule has 7 nitrogen and oxygen atoms in total. The summed E-state index contributed by atoms with van der Waals surface area (Å²) in [7, 11) is -8.34. The van der Waals surface area contributed by atoms with Gasteiger partial charge in [-0.3, -0.25) is 4.55 Å². The van der Waals surface area contributed by atoms with Crippen molar-refractivity contribution in [2.75, 3.05) is 12.4 Å². The Morgan fingerprint density at radius 2 is 1.94 bits per heavy atom. The van der Waals surface area contributed by atoms with Gasteiger partial charge in [-0.15, -0.1) is 0 Å². The van der Waals surface area contributed by atoms with Crippen LogP contribution in [0.2, 0.25) is 0 Å². The van der Waals surface area contributed by atoms with E-state index in [1.54, 1.807) is 13.0 Å². The van der Waals surface area contributed by atoms with Crippen molar-refractivity contribution < 1.29 is 25.6 Å². The molecule has 0 saturated heterocycles. The van der Waals surface area contributed by atoms with Gasteiger partial charge in [-0.25, -0.2) is 17.6 Å². The highest BCUT2D eigenvalue weighted by molar-refractivity contribution is 7.91. The summed E-state index contributed by atoms with van der Waals surface area (Å²) in [4.78, 5) is 3.80. The van der Waals surface area contributed by atoms with Crippen LogP contribution in [0.3, 0.4) is 0 Å². The molecule has 0 unspecified atom stereocenters. The quantitative estimate of drug-likeness (QED) is 0.755. The normalized spacial score (nSPS) is 12.6. The molecule has 0 atom stereocenters. The second-order valence-electron chi connectivity index (χ2n) is 3.19. The van der Waals surface area contributed by atoms with E-state index in [-0.39, 0.29) is 5.03 Å². The van der Waals surface area contributed by atoms with Crippen LogP contribution in [0, 0.1) is 6.92 Å². The second kappa shape index (κ2) is 5.08. The molecule has 1 N–H and O–H groups in total. The van der Waals surface area contributed by atoms with Crippen LogP contribution < -0.4 is 0 Å². The van der Waals surface area contributed by atoms with Crippen molar-refractivity contribution in [1.82, 2.24) is 4.98 Å². The fraction of sp³-hybridized carbons (Fsp3) is 0.375. The summed E-state index contributed by atoms with van der Waals surface area (Å²) >= 11 is 0. The van der Waals surface area contributed by atoms with E-state index in [1.165, 1.54) is 12.1 Å². The number of aromatic nitrogens is 1. The molecule has 96 valence electrons. The molecule has 0 aliphatic rings. The Balaban J connectivity index is 2.77. The van der Waals surface area contributed by atoms with E-state index in [9.17, 15) is 16.8 Å². The average molecular weight is 281 g/mol. The minimum atomic E-state index is -4.62. The zero-order valence-electron chi connectivity index (χ0n) is 8.90. The van der Waals surface area contributed by atoms with Crippen molar-refractivity contribution in [2.24, 2.45) is 0 Å². The van der Waals surface area contributed by atoms with Gasteiger partial charge in [0.2, 0.25) is 0 Å². The summed E-state index contributed by atoms with van der Waals surface area (Å²) in [5.74, 6) is -0.580. The number of rotatable bonds is 5. The number of aryl methyl sites for hydroxylation is 1. The highest BCUT2D eigenvalue weighted by Crippen LogP contribution is 2.08.